The molecule has 2 aliphatic heterocycles. The molecule has 21 nitrogen and oxygen atoms in total. The topological polar surface area (TPSA) is 258 Å². The van der Waals surface area contributed by atoms with Gasteiger partial charge in [-0.1, -0.05) is 23.2 Å². The van der Waals surface area contributed by atoms with Gasteiger partial charge in [0.05, 0.1) is 18.1 Å². The Hall–Kier alpha value is -11.3. The lowest BCUT2D eigenvalue weighted by Crippen LogP contribution is -2.47. The number of carbonyl (C=O) groups is 1. The maximum atomic E-state index is 11.7. The lowest BCUT2D eigenvalue weighted by atomic mass is 9.86. The Bertz CT molecular complexity index is 4860. The molecule has 0 aromatic carbocycles. The van der Waals surface area contributed by atoms with Crippen LogP contribution in [0.5, 0.6) is 0 Å². The van der Waals surface area contributed by atoms with Gasteiger partial charge in [-0.25, -0.2) is 56.7 Å². The van der Waals surface area contributed by atoms with Gasteiger partial charge in [0.2, 0.25) is 31.9 Å². The molecule has 0 spiro atoms. The van der Waals surface area contributed by atoms with Crippen molar-refractivity contribution >= 4 is 94.9 Å². The highest BCUT2D eigenvalue weighted by Crippen LogP contribution is 2.30. The zero-order chi connectivity index (χ0) is 71.8. The quantitative estimate of drug-likeness (QED) is 0.0427. The van der Waals surface area contributed by atoms with Gasteiger partial charge in [-0.2, -0.15) is 8.61 Å². The van der Waals surface area contributed by atoms with E-state index in [0.717, 1.165) is 129 Å². The second kappa shape index (κ2) is 42.5. The first-order chi connectivity index (χ1) is 49.1. The molecule has 0 radical (unpaired) electrons. The number of rotatable bonds is 15. The summed E-state index contributed by atoms with van der Waals surface area (Å²) >= 11 is 12.4. The van der Waals surface area contributed by atoms with E-state index in [4.69, 9.17) is 36.0 Å². The van der Waals surface area contributed by atoms with Crippen molar-refractivity contribution in [2.45, 2.75) is 70.0 Å². The van der Waals surface area contributed by atoms with Gasteiger partial charge in [-0.15, -0.1) is 12.8 Å². The highest BCUT2D eigenvalue weighted by Gasteiger charge is 2.26. The summed E-state index contributed by atoms with van der Waals surface area (Å²) in [5.74, 6) is 62.2. The molecule has 5 N–H and O–H groups in total. The van der Waals surface area contributed by atoms with Crippen molar-refractivity contribution in [2.24, 2.45) is 11.8 Å². The molecule has 6 aromatic rings. The number of halogens is 2. The first-order valence-corrected chi connectivity index (χ1v) is 36.2. The zero-order valence-electron chi connectivity index (χ0n) is 55.4. The average Bonchev–Trinajstić information content (AvgIpc) is 0.834. The van der Waals surface area contributed by atoms with Crippen LogP contribution in [0.4, 0.5) is 23.5 Å². The number of fused-ring (bicyclic) bond motifs is 2. The third-order valence-corrected chi connectivity index (χ3v) is 18.5. The molecule has 101 heavy (non-hydrogen) atoms. The molecule has 10 rings (SSSR count). The van der Waals surface area contributed by atoms with Crippen LogP contribution in [0.15, 0.2) is 73.6 Å². The number of aromatic nitrogens is 8. The van der Waals surface area contributed by atoms with Crippen molar-refractivity contribution in [1.82, 2.24) is 58.7 Å². The number of hydrogen-bond acceptors (Lipinski definition) is 19. The Morgan fingerprint density at radius 1 is 0.485 bits per heavy atom. The lowest BCUT2D eigenvalue weighted by molar-refractivity contribution is 0.112. The molecule has 508 valence electrons. The average molecular weight is 1420 g/mol. The number of terminal acetylenes is 2. The summed E-state index contributed by atoms with van der Waals surface area (Å²) in [4.78, 5) is 47.7. The Balaban J connectivity index is 0.000000202. The van der Waals surface area contributed by atoms with Crippen LogP contribution in [0, 0.1) is 167 Å². The highest BCUT2D eigenvalue weighted by atomic mass is 35.5. The van der Waals surface area contributed by atoms with Gasteiger partial charge in [0.25, 0.3) is 0 Å². The third kappa shape index (κ3) is 29.0. The smallest absolute Gasteiger partial charge is 0.222 e. The number of nitrogens with one attached hydrogen (secondary N) is 5. The maximum absolute atomic E-state index is 11.7. The number of nitrogens with zero attached hydrogens (tertiary/aromatic N) is 11. The van der Waals surface area contributed by atoms with Crippen LogP contribution < -0.4 is 26.6 Å². The minimum atomic E-state index is -3.11. The molecule has 2 saturated carbocycles. The van der Waals surface area contributed by atoms with Crippen molar-refractivity contribution in [1.29, 1.82) is 0 Å². The summed E-state index contributed by atoms with van der Waals surface area (Å²) < 4.78 is 48.1. The third-order valence-electron chi connectivity index (χ3n) is 15.3. The molecule has 0 atom stereocenters. The van der Waals surface area contributed by atoms with Crippen molar-refractivity contribution < 1.29 is 21.6 Å². The summed E-state index contributed by atoms with van der Waals surface area (Å²) in [6, 6.07) is 12.7. The van der Waals surface area contributed by atoms with Crippen LogP contribution in [0.1, 0.15) is 67.3 Å². The fraction of sp³-hybridized carbons (Fsp3) is 0.329. The molecule has 4 aliphatic rings. The molecular formula is C76H68Cl2N16O5S2. The van der Waals surface area contributed by atoms with Crippen LogP contribution in [0.25, 0.3) is 21.8 Å². The first-order valence-electron chi connectivity index (χ1n) is 31.7. The largest absolute Gasteiger partial charge is 0.367 e. The minimum absolute atomic E-state index is 0.395. The Kier molecular flexibility index (Phi) is 32.5. The van der Waals surface area contributed by atoms with Gasteiger partial charge in [-0.3, -0.25) is 9.69 Å². The summed E-state index contributed by atoms with van der Waals surface area (Å²) in [5.41, 5.74) is 2.97. The van der Waals surface area contributed by atoms with Gasteiger partial charge in [0.15, 0.2) is 16.6 Å². The predicted octanol–water partition coefficient (Wildman–Crippen LogP) is 6.34. The molecule has 0 amide bonds. The van der Waals surface area contributed by atoms with E-state index in [-0.39, 0.29) is 0 Å². The standard InChI is InChI=1S/C26H2.C25H33ClN8O2S.C20H21ClN6O.C5H12N2O2S/c1-3-5-7-9-11-13-15-17-19-21-23-25-26-24-22-20-18-16-14-12-10-8-6-4-2;1-37(35,36)34-12-10-33(11-13-34)17-19-15-29-25(30-16-19)28-14-18-2-5-21(6-3-18)31-22-7-4-20-8-9-27-24(26)23(20)32-22;21-19-18-15(7-8-22-19)3-6-17(27-18)26-16-4-1-13(2-5-16)9-23-20-24-10-14(12-28)11-25-20;1-10(8,9)7-4-2-6-3-5-7/h1-2H;4,7-9,15-16,18,21H,2-3,5-6,10-14,17H2,1H3,(H,31,32)(H,28,29,30);3,6-8,10-13,16H,1-2,4-5,9H2,(H,26,27)(H,23,24,25);6H,2-5H2,1H3. The van der Waals surface area contributed by atoms with E-state index in [1.807, 2.05) is 48.8 Å². The lowest BCUT2D eigenvalue weighted by Gasteiger charge is -2.33. The van der Waals surface area contributed by atoms with Crippen LogP contribution in [0.3, 0.4) is 0 Å². The second-order valence-electron chi connectivity index (χ2n) is 22.5. The Morgan fingerprint density at radius 2 is 0.842 bits per heavy atom. The van der Waals surface area contributed by atoms with Gasteiger partial charge in [0.1, 0.15) is 22.7 Å². The normalized spacial score (nSPS) is 16.5. The molecular weight excluding hydrogens is 1350 g/mol. The molecule has 2 saturated heterocycles. The number of aldehydes is 1. The summed E-state index contributed by atoms with van der Waals surface area (Å²) in [5, 5.41) is 19.7. The number of anilines is 4. The number of carbonyl (C=O) groups excluding carboxylic acids is 1. The fourth-order valence-corrected chi connectivity index (χ4v) is 12.4. The van der Waals surface area contributed by atoms with Crippen molar-refractivity contribution in [2.75, 3.05) is 99.2 Å². The summed E-state index contributed by atoms with van der Waals surface area (Å²) in [7, 11) is -6.04. The Morgan fingerprint density at radius 3 is 1.19 bits per heavy atom. The second-order valence-corrected chi connectivity index (χ2v) is 27.2. The number of hydrogen-bond donors (Lipinski definition) is 5. The van der Waals surface area contributed by atoms with Gasteiger partial charge < -0.3 is 26.6 Å². The van der Waals surface area contributed by atoms with E-state index in [1.54, 1.807) is 12.4 Å². The molecule has 0 unspecified atom stereocenters. The van der Waals surface area contributed by atoms with Crippen LogP contribution in [0.2, 0.25) is 10.3 Å². The predicted molar refractivity (Wildman–Crippen MR) is 398 cm³/mol. The zero-order valence-corrected chi connectivity index (χ0v) is 58.6. The SMILES string of the molecule is C#CC#CC#CC#CC#CC#CC#CC#CC#CC#CC#CC#CC#C.CS(=O)(=O)N1CCN(Cc2cnc(NCC3CCC(Nc4ccc5ccnc(Cl)c5n4)CC3)nc2)CC1.CS(=O)(=O)N1CCNCC1.O=Cc1cnc(NCC2CCC(Nc3ccc4ccnc(Cl)c4n3)CC2)nc1. The van der Waals surface area contributed by atoms with Gasteiger partial charge >= 0.3 is 0 Å². The van der Waals surface area contributed by atoms with Crippen molar-refractivity contribution in [3.63, 3.8) is 0 Å². The maximum Gasteiger partial charge on any atom is 0.222 e. The first kappa shape index (κ1) is 77.1. The van der Waals surface area contributed by atoms with E-state index in [2.05, 4.69) is 213 Å². The molecule has 25 heteroatoms. The molecule has 6 aromatic heterocycles. The van der Waals surface area contributed by atoms with Crippen molar-refractivity contribution in [3.05, 3.63) is 95.0 Å². The van der Waals surface area contributed by atoms with E-state index < -0.39 is 20.0 Å². The highest BCUT2D eigenvalue weighted by molar-refractivity contribution is 7.88. The van der Waals surface area contributed by atoms with E-state index in [9.17, 15) is 21.6 Å². The Labute approximate surface area is 602 Å². The van der Waals surface area contributed by atoms with Crippen LogP contribution in [-0.4, -0.2) is 167 Å². The molecule has 4 fully saturated rings. The van der Waals surface area contributed by atoms with E-state index in [0.29, 0.717) is 91.0 Å². The van der Waals surface area contributed by atoms with Gasteiger partial charge in [0, 0.05) is 185 Å². The van der Waals surface area contributed by atoms with Gasteiger partial charge in [-0.05, 0) is 194 Å². The molecule has 0 bridgehead atoms. The fourth-order valence-electron chi connectivity index (χ4n) is 10.3. The van der Waals surface area contributed by atoms with E-state index in [1.165, 1.54) is 33.5 Å². The van der Waals surface area contributed by atoms with E-state index >= 15 is 0 Å². The summed E-state index contributed by atoms with van der Waals surface area (Å²) in [6.07, 6.45) is 32.0. The number of sulfonamides is 2. The minimum Gasteiger partial charge on any atom is -0.367 e. The number of pyridine rings is 4. The van der Waals surface area contributed by atoms with Crippen LogP contribution >= 0.6 is 23.2 Å². The number of piperazine rings is 2. The molecule has 8 heterocycles. The monoisotopic (exact) mass is 1420 g/mol. The molecule has 2 aliphatic carbocycles. The van der Waals surface area contributed by atoms with Crippen molar-refractivity contribution in [3.8, 4) is 155 Å². The summed E-state index contributed by atoms with van der Waals surface area (Å²) in [6.45, 7) is 7.67. The van der Waals surface area contributed by atoms with Crippen LogP contribution in [-0.2, 0) is 26.6 Å².